The molecule has 0 bridgehead atoms. The Morgan fingerprint density at radius 1 is 1.56 bits per heavy atom. The van der Waals surface area contributed by atoms with Crippen molar-refractivity contribution in [3.63, 3.8) is 0 Å². The molecule has 0 aromatic heterocycles. The molecule has 0 N–H and O–H groups in total. The lowest BCUT2D eigenvalue weighted by molar-refractivity contribution is -0.387. The molecule has 1 unspecified atom stereocenters. The number of nitrogens with zero attached hydrogens (tertiary/aromatic N) is 2. The van der Waals surface area contributed by atoms with Crippen molar-refractivity contribution in [3.8, 4) is 0 Å². The number of anilines is 1. The van der Waals surface area contributed by atoms with Crippen LogP contribution in [0.15, 0.2) is 18.2 Å². The van der Waals surface area contributed by atoms with Gasteiger partial charge < -0.3 is 4.90 Å². The van der Waals surface area contributed by atoms with Crippen molar-refractivity contribution >= 4 is 29.9 Å². The Kier molecular flexibility index (Phi) is 3.51. The van der Waals surface area contributed by atoms with Gasteiger partial charge in [0.25, 0.3) is 0 Å². The zero-order valence-corrected chi connectivity index (χ0v) is 10.3. The summed E-state index contributed by atoms with van der Waals surface area (Å²) in [7, 11) is 0. The topological polar surface area (TPSA) is 63.5 Å². The molecule has 5 nitrogen and oxygen atoms in total. The second-order valence-corrected chi connectivity index (χ2v) is 4.52. The van der Waals surface area contributed by atoms with Crippen LogP contribution in [0.4, 0.5) is 15.8 Å². The second kappa shape index (κ2) is 4.93. The highest BCUT2D eigenvalue weighted by Crippen LogP contribution is 2.29. The van der Waals surface area contributed by atoms with Crippen LogP contribution in [0.5, 0.6) is 0 Å². The summed E-state index contributed by atoms with van der Waals surface area (Å²) in [4.78, 5) is 22.8. The number of hydrogen-bond acceptors (Lipinski definition) is 4. The molecule has 1 aliphatic rings. The van der Waals surface area contributed by atoms with Gasteiger partial charge in [0.2, 0.25) is 11.7 Å². The van der Waals surface area contributed by atoms with Gasteiger partial charge in [-0.25, -0.2) is 0 Å². The number of thiol groups is 1. The molecule has 96 valence electrons. The minimum Gasteiger partial charge on any atom is -0.312 e. The summed E-state index contributed by atoms with van der Waals surface area (Å²) in [6, 6.07) is 3.49. The van der Waals surface area contributed by atoms with Crippen molar-refractivity contribution in [3.05, 3.63) is 34.1 Å². The fourth-order valence-electron chi connectivity index (χ4n) is 1.97. The van der Waals surface area contributed by atoms with Crippen molar-refractivity contribution in [2.45, 2.75) is 6.42 Å². The van der Waals surface area contributed by atoms with E-state index in [1.807, 2.05) is 0 Å². The Bertz CT molecular complexity index is 509. The Hall–Kier alpha value is -1.63. The number of nitro groups is 1. The van der Waals surface area contributed by atoms with Gasteiger partial charge in [-0.15, -0.1) is 0 Å². The van der Waals surface area contributed by atoms with Gasteiger partial charge in [0.1, 0.15) is 0 Å². The van der Waals surface area contributed by atoms with Crippen LogP contribution in [-0.4, -0.2) is 23.1 Å². The molecule has 0 aliphatic carbocycles. The highest BCUT2D eigenvalue weighted by Gasteiger charge is 2.30. The first kappa shape index (κ1) is 12.8. The standard InChI is InChI=1S/C11H11FN2O3S/c12-9-4-8(1-2-10(9)14(16)17)13-5-7(6-18)3-11(13)15/h1-2,4,7,18H,3,5-6H2. The Balaban J connectivity index is 2.27. The second-order valence-electron chi connectivity index (χ2n) is 4.15. The highest BCUT2D eigenvalue weighted by molar-refractivity contribution is 7.80. The molecular formula is C11H11FN2O3S. The van der Waals surface area contributed by atoms with Crippen LogP contribution in [0.1, 0.15) is 6.42 Å². The predicted molar refractivity (Wildman–Crippen MR) is 67.4 cm³/mol. The normalized spacial score (nSPS) is 19.3. The Morgan fingerprint density at radius 3 is 2.78 bits per heavy atom. The van der Waals surface area contributed by atoms with E-state index in [2.05, 4.69) is 12.6 Å². The van der Waals surface area contributed by atoms with Crippen molar-refractivity contribution in [1.82, 2.24) is 0 Å². The van der Waals surface area contributed by atoms with Crippen molar-refractivity contribution < 1.29 is 14.1 Å². The summed E-state index contributed by atoms with van der Waals surface area (Å²) in [6.45, 7) is 0.472. The summed E-state index contributed by atoms with van der Waals surface area (Å²) in [6.07, 6.45) is 0.377. The SMILES string of the molecule is O=C1CC(CS)CN1c1ccc([N+](=O)[O-])c(F)c1. The fraction of sp³-hybridized carbons (Fsp3) is 0.364. The third-order valence-corrected chi connectivity index (χ3v) is 3.42. The van der Waals surface area contributed by atoms with Gasteiger partial charge in [0, 0.05) is 30.8 Å². The van der Waals surface area contributed by atoms with E-state index in [0.717, 1.165) is 12.1 Å². The number of benzene rings is 1. The smallest absolute Gasteiger partial charge is 0.304 e. The zero-order valence-electron chi connectivity index (χ0n) is 9.38. The first-order chi connectivity index (χ1) is 8.52. The maximum absolute atomic E-state index is 13.5. The first-order valence-electron chi connectivity index (χ1n) is 5.38. The molecular weight excluding hydrogens is 259 g/mol. The average molecular weight is 270 g/mol. The van der Waals surface area contributed by atoms with E-state index < -0.39 is 16.4 Å². The molecule has 1 amide bonds. The lowest BCUT2D eigenvalue weighted by atomic mass is 10.1. The number of rotatable bonds is 3. The number of carbonyl (C=O) groups excluding carboxylic acids is 1. The maximum Gasteiger partial charge on any atom is 0.304 e. The van der Waals surface area contributed by atoms with Crippen LogP contribution in [0.3, 0.4) is 0 Å². The molecule has 1 aromatic carbocycles. The zero-order chi connectivity index (χ0) is 13.3. The van der Waals surface area contributed by atoms with Gasteiger partial charge >= 0.3 is 5.69 Å². The van der Waals surface area contributed by atoms with Gasteiger partial charge in [-0.1, -0.05) is 0 Å². The number of amides is 1. The van der Waals surface area contributed by atoms with Crippen molar-refractivity contribution in [1.29, 1.82) is 0 Å². The quantitative estimate of drug-likeness (QED) is 0.519. The molecule has 0 saturated carbocycles. The number of halogens is 1. The largest absolute Gasteiger partial charge is 0.312 e. The van der Waals surface area contributed by atoms with E-state index in [0.29, 0.717) is 24.4 Å². The van der Waals surface area contributed by atoms with Crippen LogP contribution in [-0.2, 0) is 4.79 Å². The molecule has 1 saturated heterocycles. The lowest BCUT2D eigenvalue weighted by Gasteiger charge is -2.16. The molecule has 1 fully saturated rings. The summed E-state index contributed by atoms with van der Waals surface area (Å²) in [5, 5.41) is 10.5. The van der Waals surface area contributed by atoms with Crippen LogP contribution in [0.25, 0.3) is 0 Å². The molecule has 18 heavy (non-hydrogen) atoms. The summed E-state index contributed by atoms with van der Waals surface area (Å²) in [5.74, 6) is -0.321. The molecule has 1 aliphatic heterocycles. The van der Waals surface area contributed by atoms with Crippen molar-refractivity contribution in [2.24, 2.45) is 5.92 Å². The monoisotopic (exact) mass is 270 g/mol. The van der Waals surface area contributed by atoms with E-state index >= 15 is 0 Å². The number of carbonyl (C=O) groups is 1. The van der Waals surface area contributed by atoms with E-state index in [4.69, 9.17) is 0 Å². The lowest BCUT2D eigenvalue weighted by Crippen LogP contribution is -2.24. The summed E-state index contributed by atoms with van der Waals surface area (Å²) < 4.78 is 13.5. The van der Waals surface area contributed by atoms with Crippen LogP contribution in [0, 0.1) is 21.8 Å². The molecule has 1 atom stereocenters. The number of nitro benzene ring substituents is 1. The van der Waals surface area contributed by atoms with Gasteiger partial charge in [-0.05, 0) is 17.7 Å². The third kappa shape index (κ3) is 2.31. The van der Waals surface area contributed by atoms with Gasteiger partial charge in [-0.2, -0.15) is 17.0 Å². The molecule has 0 radical (unpaired) electrons. The van der Waals surface area contributed by atoms with E-state index in [1.165, 1.54) is 11.0 Å². The van der Waals surface area contributed by atoms with Gasteiger partial charge in [-0.3, -0.25) is 14.9 Å². The van der Waals surface area contributed by atoms with Crippen LogP contribution in [0.2, 0.25) is 0 Å². The summed E-state index contributed by atoms with van der Waals surface area (Å²) in [5.41, 5.74) is -0.233. The first-order valence-corrected chi connectivity index (χ1v) is 6.01. The molecule has 2 rings (SSSR count). The fourth-order valence-corrected chi connectivity index (χ4v) is 2.21. The predicted octanol–water partition coefficient (Wildman–Crippen LogP) is 2.02. The Labute approximate surface area is 108 Å². The van der Waals surface area contributed by atoms with Crippen LogP contribution >= 0.6 is 12.6 Å². The minimum absolute atomic E-state index is 0.109. The third-order valence-electron chi connectivity index (χ3n) is 2.90. The van der Waals surface area contributed by atoms with Gasteiger partial charge in [0.15, 0.2) is 0 Å². The number of hydrogen-bond donors (Lipinski definition) is 1. The molecule has 0 spiro atoms. The van der Waals surface area contributed by atoms with E-state index in [-0.39, 0.29) is 11.8 Å². The highest BCUT2D eigenvalue weighted by atomic mass is 32.1. The Morgan fingerprint density at radius 2 is 2.28 bits per heavy atom. The minimum atomic E-state index is -0.931. The van der Waals surface area contributed by atoms with E-state index in [1.54, 1.807) is 0 Å². The van der Waals surface area contributed by atoms with Crippen LogP contribution < -0.4 is 4.90 Å². The molecule has 1 heterocycles. The van der Waals surface area contributed by atoms with Crippen molar-refractivity contribution in [2.75, 3.05) is 17.2 Å². The van der Waals surface area contributed by atoms with Gasteiger partial charge in [0.05, 0.1) is 4.92 Å². The average Bonchev–Trinajstić information content (AvgIpc) is 2.70. The van der Waals surface area contributed by atoms with E-state index in [9.17, 15) is 19.3 Å². The molecule has 1 aromatic rings. The molecule has 7 heteroatoms. The summed E-state index contributed by atoms with van der Waals surface area (Å²) >= 11 is 4.13. The maximum atomic E-state index is 13.5.